The van der Waals surface area contributed by atoms with Crippen LogP contribution in [0.5, 0.6) is 0 Å². The molecule has 2 heterocycles. The number of carbonyl (C=O) groups is 2. The van der Waals surface area contributed by atoms with Gasteiger partial charge >= 0.3 is 0 Å². The summed E-state index contributed by atoms with van der Waals surface area (Å²) in [4.78, 5) is 28.7. The monoisotopic (exact) mass is 446 g/mol. The van der Waals surface area contributed by atoms with Crippen LogP contribution >= 0.6 is 11.6 Å². The third-order valence-electron chi connectivity index (χ3n) is 5.29. The molecule has 2 amide bonds. The highest BCUT2D eigenvalue weighted by molar-refractivity contribution is 6.31. The zero-order chi connectivity index (χ0) is 22.5. The second-order valence-electron chi connectivity index (χ2n) is 8.06. The molecule has 2 unspecified atom stereocenters. The van der Waals surface area contributed by atoms with E-state index in [0.29, 0.717) is 5.56 Å². The molecule has 2 atom stereocenters. The van der Waals surface area contributed by atoms with Crippen LogP contribution in [0.15, 0.2) is 30.5 Å². The van der Waals surface area contributed by atoms with E-state index in [1.54, 1.807) is 32.2 Å². The fraction of sp³-hybridized carbons (Fsp3) is 0.435. The summed E-state index contributed by atoms with van der Waals surface area (Å²) in [7, 11) is 0. The summed E-state index contributed by atoms with van der Waals surface area (Å²) in [6.45, 7) is 5.67. The number of pyridine rings is 1. The Bertz CT molecular complexity index is 949. The molecular weight excluding hydrogens is 419 g/mol. The van der Waals surface area contributed by atoms with Gasteiger partial charge in [0.2, 0.25) is 11.8 Å². The fourth-order valence-electron chi connectivity index (χ4n) is 3.52. The smallest absolute Gasteiger partial charge is 0.223 e. The van der Waals surface area contributed by atoms with Gasteiger partial charge in [-0.3, -0.25) is 19.9 Å². The van der Waals surface area contributed by atoms with Gasteiger partial charge < -0.3 is 10.6 Å². The number of nitrogens with zero attached hydrogens (tertiary/aromatic N) is 1. The number of hydrogen-bond acceptors (Lipinski definition) is 4. The van der Waals surface area contributed by atoms with Gasteiger partial charge in [0.05, 0.1) is 5.02 Å². The number of aromatic nitrogens is 1. The minimum absolute atomic E-state index is 0.0416. The lowest BCUT2D eigenvalue weighted by atomic mass is 9.98. The van der Waals surface area contributed by atoms with E-state index < -0.39 is 12.0 Å². The van der Waals surface area contributed by atoms with E-state index in [2.05, 4.69) is 27.9 Å². The average Bonchev–Trinajstić information content (AvgIpc) is 2.73. The second kappa shape index (κ2) is 10.2. The van der Waals surface area contributed by atoms with Gasteiger partial charge in [-0.05, 0) is 24.1 Å². The van der Waals surface area contributed by atoms with Crippen LogP contribution in [0.2, 0.25) is 5.02 Å². The molecule has 1 saturated heterocycles. The molecule has 1 aromatic heterocycles. The van der Waals surface area contributed by atoms with Crippen LogP contribution in [0.4, 0.5) is 4.39 Å². The maximum atomic E-state index is 15.3. The predicted molar refractivity (Wildman–Crippen MR) is 118 cm³/mol. The molecule has 31 heavy (non-hydrogen) atoms. The van der Waals surface area contributed by atoms with Gasteiger partial charge in [0.25, 0.3) is 0 Å². The molecule has 1 fully saturated rings. The molecule has 3 rings (SSSR count). The highest BCUT2D eigenvalue weighted by atomic mass is 35.5. The van der Waals surface area contributed by atoms with Crippen LogP contribution in [0.1, 0.15) is 68.2 Å². The number of halogens is 2. The molecule has 0 bridgehead atoms. The maximum absolute atomic E-state index is 15.3. The van der Waals surface area contributed by atoms with Crippen molar-refractivity contribution in [3.63, 3.8) is 0 Å². The summed E-state index contributed by atoms with van der Waals surface area (Å²) in [6, 6.07) is 6.70. The summed E-state index contributed by atoms with van der Waals surface area (Å²) >= 11 is 6.31. The third kappa shape index (κ3) is 5.60. The molecule has 0 saturated carbocycles. The van der Waals surface area contributed by atoms with Crippen molar-refractivity contribution in [3.05, 3.63) is 63.7 Å². The Balaban J connectivity index is 1.83. The van der Waals surface area contributed by atoms with Gasteiger partial charge in [0.15, 0.2) is 0 Å². The molecule has 0 radical (unpaired) electrons. The number of nitrogens with one attached hydrogen (secondary N) is 3. The van der Waals surface area contributed by atoms with Crippen molar-refractivity contribution in [3.8, 4) is 0 Å². The quantitative estimate of drug-likeness (QED) is 0.601. The van der Waals surface area contributed by atoms with Crippen LogP contribution in [0.3, 0.4) is 0 Å². The summed E-state index contributed by atoms with van der Waals surface area (Å²) in [5.41, 5.74) is 2.31. The molecule has 8 heteroatoms. The first-order chi connectivity index (χ1) is 14.8. The number of aryl methyl sites for hydroxylation is 1. The van der Waals surface area contributed by atoms with Crippen LogP contribution in [-0.2, 0) is 22.6 Å². The zero-order valence-electron chi connectivity index (χ0n) is 18.0. The van der Waals surface area contributed by atoms with E-state index in [0.717, 1.165) is 24.1 Å². The first-order valence-corrected chi connectivity index (χ1v) is 10.9. The van der Waals surface area contributed by atoms with E-state index in [4.69, 9.17) is 11.6 Å². The summed E-state index contributed by atoms with van der Waals surface area (Å²) < 4.78 is 15.3. The van der Waals surface area contributed by atoms with E-state index in [1.165, 1.54) is 0 Å². The van der Waals surface area contributed by atoms with Crippen molar-refractivity contribution < 1.29 is 14.0 Å². The first-order valence-electron chi connectivity index (χ1n) is 10.5. The van der Waals surface area contributed by atoms with Crippen molar-refractivity contribution in [1.82, 2.24) is 20.9 Å². The highest BCUT2D eigenvalue weighted by Gasteiger charge is 2.31. The standard InChI is InChI=1S/C23H28ClFN4O2/c1-4-5-16-8-6-14(11-26-16)18-10-19(30)29-22(28-18)20-17(24)9-7-15(21(20)25)12-27-23(31)13(2)3/h6-9,11,13,18,22,28H,4-5,10,12H2,1-3H3,(H,27,31)(H,29,30). The van der Waals surface area contributed by atoms with Gasteiger partial charge in [0, 0.05) is 47.9 Å². The molecule has 0 spiro atoms. The lowest BCUT2D eigenvalue weighted by Crippen LogP contribution is -2.47. The molecule has 6 nitrogen and oxygen atoms in total. The van der Waals surface area contributed by atoms with Crippen molar-refractivity contribution in [2.45, 2.75) is 58.8 Å². The molecule has 1 aromatic carbocycles. The number of rotatable bonds is 7. The Morgan fingerprint density at radius 3 is 2.74 bits per heavy atom. The molecule has 1 aliphatic rings. The predicted octanol–water partition coefficient (Wildman–Crippen LogP) is 3.95. The van der Waals surface area contributed by atoms with Crippen LogP contribution in [0, 0.1) is 11.7 Å². The van der Waals surface area contributed by atoms with Crippen molar-refractivity contribution >= 4 is 23.4 Å². The molecule has 1 aliphatic heterocycles. The van der Waals surface area contributed by atoms with Crippen molar-refractivity contribution in [1.29, 1.82) is 0 Å². The van der Waals surface area contributed by atoms with E-state index in [1.807, 2.05) is 12.1 Å². The Morgan fingerprint density at radius 2 is 2.10 bits per heavy atom. The van der Waals surface area contributed by atoms with Crippen LogP contribution in [0.25, 0.3) is 0 Å². The van der Waals surface area contributed by atoms with E-state index >= 15 is 4.39 Å². The molecule has 2 aromatic rings. The highest BCUT2D eigenvalue weighted by Crippen LogP contribution is 2.32. The third-order valence-corrected chi connectivity index (χ3v) is 5.62. The van der Waals surface area contributed by atoms with Crippen molar-refractivity contribution in [2.75, 3.05) is 0 Å². The van der Waals surface area contributed by atoms with Gasteiger partial charge in [-0.1, -0.05) is 50.9 Å². The first kappa shape index (κ1) is 23.2. The number of amides is 2. The zero-order valence-corrected chi connectivity index (χ0v) is 18.7. The van der Waals surface area contributed by atoms with Crippen molar-refractivity contribution in [2.24, 2.45) is 5.92 Å². The molecule has 0 aliphatic carbocycles. The van der Waals surface area contributed by atoms with Gasteiger partial charge in [0.1, 0.15) is 12.0 Å². The number of benzene rings is 1. The minimum Gasteiger partial charge on any atom is -0.352 e. The topological polar surface area (TPSA) is 83.1 Å². The molecule has 3 N–H and O–H groups in total. The average molecular weight is 447 g/mol. The molecular formula is C23H28ClFN4O2. The Morgan fingerprint density at radius 1 is 1.32 bits per heavy atom. The second-order valence-corrected chi connectivity index (χ2v) is 8.47. The summed E-state index contributed by atoms with van der Waals surface area (Å²) in [5.74, 6) is -1.13. The van der Waals surface area contributed by atoms with Gasteiger partial charge in [-0.2, -0.15) is 0 Å². The Labute approximate surface area is 187 Å². The largest absolute Gasteiger partial charge is 0.352 e. The van der Waals surface area contributed by atoms with Gasteiger partial charge in [-0.15, -0.1) is 0 Å². The molecule has 166 valence electrons. The Hall–Kier alpha value is -2.51. The normalized spacial score (nSPS) is 18.7. The lowest BCUT2D eigenvalue weighted by molar-refractivity contribution is -0.125. The Kier molecular flexibility index (Phi) is 7.62. The number of carbonyl (C=O) groups excluding carboxylic acids is 2. The maximum Gasteiger partial charge on any atom is 0.223 e. The van der Waals surface area contributed by atoms with Gasteiger partial charge in [-0.25, -0.2) is 4.39 Å². The summed E-state index contributed by atoms with van der Waals surface area (Å²) in [5, 5.41) is 8.96. The van der Waals surface area contributed by atoms with Crippen LogP contribution in [-0.4, -0.2) is 16.8 Å². The van der Waals surface area contributed by atoms with Crippen LogP contribution < -0.4 is 16.0 Å². The van der Waals surface area contributed by atoms with E-state index in [9.17, 15) is 9.59 Å². The minimum atomic E-state index is -0.796. The lowest BCUT2D eigenvalue weighted by Gasteiger charge is -2.33. The summed E-state index contributed by atoms with van der Waals surface area (Å²) in [6.07, 6.45) is 3.07. The van der Waals surface area contributed by atoms with E-state index in [-0.39, 0.29) is 47.3 Å². The SMILES string of the molecule is CCCc1ccc(C2CC(=O)NC(c3c(Cl)ccc(CNC(=O)C(C)C)c3F)N2)cn1. The fourth-order valence-corrected chi connectivity index (χ4v) is 3.78. The number of hydrogen-bond donors (Lipinski definition) is 3.